The molecule has 2 unspecified atom stereocenters. The molecule has 2 heteroatoms. The topological polar surface area (TPSA) is 38.9 Å². The van der Waals surface area contributed by atoms with E-state index < -0.39 is 0 Å². The summed E-state index contributed by atoms with van der Waals surface area (Å²) in [6, 6.07) is 10.7. The van der Waals surface area contributed by atoms with Gasteiger partial charge in [0.2, 0.25) is 0 Å². The molecule has 2 N–H and O–H groups in total. The van der Waals surface area contributed by atoms with Crippen LogP contribution in [-0.4, -0.2) is 11.5 Å². The van der Waals surface area contributed by atoms with Gasteiger partial charge in [0.1, 0.15) is 0 Å². The molecule has 3 rings (SSSR count). The summed E-state index contributed by atoms with van der Waals surface area (Å²) in [6.45, 7) is 0.841. The SMILES string of the molecule is NCC1CCCCCC1Cc1ccnc2ccccc12. The Bertz CT molecular complexity index is 559. The molecule has 1 aromatic carbocycles. The first-order valence-electron chi connectivity index (χ1n) is 7.91. The lowest BCUT2D eigenvalue weighted by atomic mass is 9.82. The van der Waals surface area contributed by atoms with Crippen LogP contribution in [0.15, 0.2) is 36.5 Å². The lowest BCUT2D eigenvalue weighted by Gasteiger charge is -2.24. The molecule has 1 aromatic heterocycles. The number of hydrogen-bond donors (Lipinski definition) is 1. The van der Waals surface area contributed by atoms with Gasteiger partial charge >= 0.3 is 0 Å². The number of nitrogens with two attached hydrogens (primary N) is 1. The van der Waals surface area contributed by atoms with Crippen molar-refractivity contribution in [2.45, 2.75) is 38.5 Å². The predicted molar refractivity (Wildman–Crippen MR) is 84.6 cm³/mol. The molecule has 0 amide bonds. The van der Waals surface area contributed by atoms with E-state index in [0.29, 0.717) is 5.92 Å². The summed E-state index contributed by atoms with van der Waals surface area (Å²) in [4.78, 5) is 4.47. The van der Waals surface area contributed by atoms with E-state index in [2.05, 4.69) is 35.3 Å². The van der Waals surface area contributed by atoms with E-state index in [1.807, 2.05) is 6.20 Å². The number of aromatic nitrogens is 1. The summed E-state index contributed by atoms with van der Waals surface area (Å²) in [5.74, 6) is 1.44. The highest BCUT2D eigenvalue weighted by atomic mass is 14.6. The third-order valence-corrected chi connectivity index (χ3v) is 4.84. The van der Waals surface area contributed by atoms with Gasteiger partial charge in [0, 0.05) is 11.6 Å². The maximum atomic E-state index is 6.02. The fourth-order valence-corrected chi connectivity index (χ4v) is 3.66. The van der Waals surface area contributed by atoms with Gasteiger partial charge in [0.05, 0.1) is 5.52 Å². The molecule has 1 aliphatic rings. The zero-order chi connectivity index (χ0) is 13.8. The Morgan fingerprint density at radius 3 is 2.65 bits per heavy atom. The van der Waals surface area contributed by atoms with Gasteiger partial charge in [-0.05, 0) is 55.3 Å². The Hall–Kier alpha value is -1.41. The molecule has 1 heterocycles. The number of rotatable bonds is 3. The largest absolute Gasteiger partial charge is 0.330 e. The van der Waals surface area contributed by atoms with Crippen molar-refractivity contribution in [3.63, 3.8) is 0 Å². The van der Waals surface area contributed by atoms with Gasteiger partial charge in [-0.15, -0.1) is 0 Å². The van der Waals surface area contributed by atoms with Crippen LogP contribution in [-0.2, 0) is 6.42 Å². The second kappa shape index (κ2) is 6.36. The highest BCUT2D eigenvalue weighted by molar-refractivity contribution is 5.81. The smallest absolute Gasteiger partial charge is 0.0704 e. The second-order valence-corrected chi connectivity index (χ2v) is 6.09. The summed E-state index contributed by atoms with van der Waals surface area (Å²) in [6.07, 6.45) is 9.85. The first-order chi connectivity index (χ1) is 9.88. The van der Waals surface area contributed by atoms with E-state index in [1.165, 1.54) is 43.1 Å². The lowest BCUT2D eigenvalue weighted by molar-refractivity contribution is 0.319. The minimum atomic E-state index is 0.699. The van der Waals surface area contributed by atoms with E-state index >= 15 is 0 Å². The van der Waals surface area contributed by atoms with E-state index in [9.17, 15) is 0 Å². The van der Waals surface area contributed by atoms with E-state index in [1.54, 1.807) is 0 Å². The first-order valence-corrected chi connectivity index (χ1v) is 7.91. The molecule has 2 aromatic rings. The summed E-state index contributed by atoms with van der Waals surface area (Å²) in [5.41, 5.74) is 8.58. The van der Waals surface area contributed by atoms with Crippen LogP contribution in [0.3, 0.4) is 0 Å². The van der Waals surface area contributed by atoms with Crippen molar-refractivity contribution in [1.29, 1.82) is 0 Å². The van der Waals surface area contributed by atoms with Gasteiger partial charge in [-0.3, -0.25) is 4.98 Å². The maximum absolute atomic E-state index is 6.02. The molecule has 1 aliphatic carbocycles. The number of nitrogens with zero attached hydrogens (tertiary/aromatic N) is 1. The minimum absolute atomic E-state index is 0.699. The van der Waals surface area contributed by atoms with Crippen molar-refractivity contribution in [3.05, 3.63) is 42.1 Å². The van der Waals surface area contributed by atoms with Gasteiger partial charge in [-0.1, -0.05) is 37.5 Å². The quantitative estimate of drug-likeness (QED) is 0.857. The second-order valence-electron chi connectivity index (χ2n) is 6.09. The molecule has 0 radical (unpaired) electrons. The monoisotopic (exact) mass is 268 g/mol. The van der Waals surface area contributed by atoms with Gasteiger partial charge in [-0.2, -0.15) is 0 Å². The molecule has 0 spiro atoms. The molecular weight excluding hydrogens is 244 g/mol. The summed E-state index contributed by atoms with van der Waals surface area (Å²) in [7, 11) is 0. The highest BCUT2D eigenvalue weighted by Crippen LogP contribution is 2.32. The standard InChI is InChI=1S/C18H24N2/c19-13-16-7-3-1-2-6-14(16)12-15-10-11-20-18-9-5-4-8-17(15)18/h4-5,8-11,14,16H,1-3,6-7,12-13,19H2. The van der Waals surface area contributed by atoms with E-state index in [-0.39, 0.29) is 0 Å². The lowest BCUT2D eigenvalue weighted by Crippen LogP contribution is -2.24. The number of benzene rings is 1. The first kappa shape index (κ1) is 13.6. The van der Waals surface area contributed by atoms with Crippen molar-refractivity contribution >= 4 is 10.9 Å². The average Bonchev–Trinajstić information content (AvgIpc) is 2.72. The zero-order valence-electron chi connectivity index (χ0n) is 12.1. The third-order valence-electron chi connectivity index (χ3n) is 4.84. The van der Waals surface area contributed by atoms with Gasteiger partial charge in [0.25, 0.3) is 0 Å². The molecule has 20 heavy (non-hydrogen) atoms. The van der Waals surface area contributed by atoms with Gasteiger partial charge in [-0.25, -0.2) is 0 Å². The Morgan fingerprint density at radius 1 is 1.00 bits per heavy atom. The zero-order valence-corrected chi connectivity index (χ0v) is 12.1. The number of para-hydroxylation sites is 1. The average molecular weight is 268 g/mol. The minimum Gasteiger partial charge on any atom is -0.330 e. The third kappa shape index (κ3) is 2.85. The fraction of sp³-hybridized carbons (Fsp3) is 0.500. The Kier molecular flexibility index (Phi) is 4.31. The molecule has 1 fully saturated rings. The number of hydrogen-bond acceptors (Lipinski definition) is 2. The van der Waals surface area contributed by atoms with Crippen molar-refractivity contribution in [3.8, 4) is 0 Å². The normalized spacial score (nSPS) is 23.6. The molecule has 1 saturated carbocycles. The van der Waals surface area contributed by atoms with Crippen LogP contribution in [0.1, 0.15) is 37.7 Å². The molecule has 2 atom stereocenters. The van der Waals surface area contributed by atoms with Crippen LogP contribution >= 0.6 is 0 Å². The number of pyridine rings is 1. The van der Waals surface area contributed by atoms with Crippen molar-refractivity contribution < 1.29 is 0 Å². The Morgan fingerprint density at radius 2 is 1.80 bits per heavy atom. The van der Waals surface area contributed by atoms with Crippen LogP contribution in [0.5, 0.6) is 0 Å². The van der Waals surface area contributed by atoms with E-state index in [4.69, 9.17) is 5.73 Å². The summed E-state index contributed by atoms with van der Waals surface area (Å²) in [5, 5.41) is 1.31. The highest BCUT2D eigenvalue weighted by Gasteiger charge is 2.23. The molecule has 2 nitrogen and oxygen atoms in total. The fourth-order valence-electron chi connectivity index (χ4n) is 3.66. The van der Waals surface area contributed by atoms with Crippen LogP contribution < -0.4 is 5.73 Å². The molecule has 0 bridgehead atoms. The van der Waals surface area contributed by atoms with Crippen LogP contribution in [0.25, 0.3) is 10.9 Å². The maximum Gasteiger partial charge on any atom is 0.0704 e. The molecule has 0 saturated heterocycles. The van der Waals surface area contributed by atoms with Crippen LogP contribution in [0, 0.1) is 11.8 Å². The van der Waals surface area contributed by atoms with Crippen molar-refractivity contribution in [2.24, 2.45) is 17.6 Å². The predicted octanol–water partition coefficient (Wildman–Crippen LogP) is 3.93. The number of fused-ring (bicyclic) bond motifs is 1. The molecule has 0 aliphatic heterocycles. The van der Waals surface area contributed by atoms with E-state index in [0.717, 1.165) is 24.4 Å². The molecule has 106 valence electrons. The Labute approximate surface area is 121 Å². The van der Waals surface area contributed by atoms with Crippen LogP contribution in [0.4, 0.5) is 0 Å². The van der Waals surface area contributed by atoms with Gasteiger partial charge in [0.15, 0.2) is 0 Å². The molecular formula is C18H24N2. The summed E-state index contributed by atoms with van der Waals surface area (Å²) < 4.78 is 0. The van der Waals surface area contributed by atoms with Gasteiger partial charge < -0.3 is 5.73 Å². The van der Waals surface area contributed by atoms with Crippen molar-refractivity contribution in [1.82, 2.24) is 4.98 Å². The Balaban J connectivity index is 1.87. The van der Waals surface area contributed by atoms with Crippen LogP contribution in [0.2, 0.25) is 0 Å². The summed E-state index contributed by atoms with van der Waals surface area (Å²) >= 11 is 0. The van der Waals surface area contributed by atoms with Crippen molar-refractivity contribution in [2.75, 3.05) is 6.54 Å².